The van der Waals surface area contributed by atoms with Crippen molar-refractivity contribution >= 4 is 0 Å². The summed E-state index contributed by atoms with van der Waals surface area (Å²) in [6, 6.07) is 7.47. The zero-order chi connectivity index (χ0) is 11.1. The minimum atomic E-state index is -0.513. The second-order valence-corrected chi connectivity index (χ2v) is 2.83. The summed E-state index contributed by atoms with van der Waals surface area (Å²) < 4.78 is 5.00. The van der Waals surface area contributed by atoms with E-state index >= 15 is 0 Å². The molecule has 0 unspecified atom stereocenters. The van der Waals surface area contributed by atoms with Crippen LogP contribution in [0.3, 0.4) is 0 Å². The second kappa shape index (κ2) is 5.64. The zero-order valence-corrected chi connectivity index (χ0v) is 8.34. The van der Waals surface area contributed by atoms with Crippen molar-refractivity contribution in [2.45, 2.75) is 6.54 Å². The van der Waals surface area contributed by atoms with Gasteiger partial charge in [0.1, 0.15) is 5.75 Å². The van der Waals surface area contributed by atoms with Gasteiger partial charge in [0.2, 0.25) is 6.20 Å². The highest BCUT2D eigenvalue weighted by Gasteiger charge is 1.92. The molecular formula is C10H12N2O3. The predicted molar refractivity (Wildman–Crippen MR) is 56.0 cm³/mol. The van der Waals surface area contributed by atoms with Crippen molar-refractivity contribution in [3.8, 4) is 5.75 Å². The van der Waals surface area contributed by atoms with Crippen molar-refractivity contribution in [1.29, 1.82) is 0 Å². The number of nitrogens with zero attached hydrogens (tertiary/aromatic N) is 1. The Labute approximate surface area is 87.5 Å². The summed E-state index contributed by atoms with van der Waals surface area (Å²) in [7, 11) is 1.60. The first-order valence-electron chi connectivity index (χ1n) is 4.39. The predicted octanol–water partition coefficient (Wildman–Crippen LogP) is 1.53. The number of hydrogen-bond donors (Lipinski definition) is 1. The summed E-state index contributed by atoms with van der Waals surface area (Å²) in [4.78, 5) is 9.44. The third kappa shape index (κ3) is 4.12. The molecule has 0 aliphatic rings. The molecule has 0 saturated carbocycles. The molecule has 0 bridgehead atoms. The molecular weight excluding hydrogens is 196 g/mol. The molecule has 0 saturated heterocycles. The number of hydrogen-bond acceptors (Lipinski definition) is 4. The van der Waals surface area contributed by atoms with Crippen LogP contribution < -0.4 is 10.1 Å². The lowest BCUT2D eigenvalue weighted by molar-refractivity contribution is -0.402. The SMILES string of the molecule is COc1ccc(CN/C=C/[N+](=O)[O-])cc1. The number of nitro groups is 1. The van der Waals surface area contributed by atoms with Gasteiger partial charge in [0.25, 0.3) is 0 Å². The van der Waals surface area contributed by atoms with Crippen LogP contribution in [0.25, 0.3) is 0 Å². The van der Waals surface area contributed by atoms with E-state index < -0.39 is 4.92 Å². The molecule has 0 atom stereocenters. The van der Waals surface area contributed by atoms with Crippen LogP contribution in [0.4, 0.5) is 0 Å². The zero-order valence-electron chi connectivity index (χ0n) is 8.34. The first-order chi connectivity index (χ1) is 7.22. The lowest BCUT2D eigenvalue weighted by atomic mass is 10.2. The molecule has 0 amide bonds. The largest absolute Gasteiger partial charge is 0.497 e. The molecule has 1 rings (SSSR count). The molecule has 0 fully saturated rings. The van der Waals surface area contributed by atoms with Crippen LogP contribution in [0.15, 0.2) is 36.7 Å². The third-order valence-corrected chi connectivity index (χ3v) is 1.78. The third-order valence-electron chi connectivity index (χ3n) is 1.78. The molecule has 5 nitrogen and oxygen atoms in total. The van der Waals surface area contributed by atoms with Gasteiger partial charge in [-0.25, -0.2) is 0 Å². The Morgan fingerprint density at radius 3 is 2.67 bits per heavy atom. The molecule has 0 aromatic heterocycles. The Bertz CT molecular complexity index is 346. The van der Waals surface area contributed by atoms with E-state index in [1.54, 1.807) is 7.11 Å². The van der Waals surface area contributed by atoms with Crippen LogP contribution in [0.1, 0.15) is 5.56 Å². The average molecular weight is 208 g/mol. The summed E-state index contributed by atoms with van der Waals surface area (Å²) in [5.74, 6) is 0.791. The highest BCUT2D eigenvalue weighted by Crippen LogP contribution is 2.10. The van der Waals surface area contributed by atoms with Gasteiger partial charge in [0, 0.05) is 6.54 Å². The van der Waals surface area contributed by atoms with Crippen LogP contribution in [0, 0.1) is 10.1 Å². The van der Waals surface area contributed by atoms with Gasteiger partial charge in [0.15, 0.2) is 0 Å². The standard InChI is InChI=1S/C10H12N2O3/c1-15-10-4-2-9(3-5-10)8-11-6-7-12(13)14/h2-7,11H,8H2,1H3/b7-6+. The maximum atomic E-state index is 9.96. The highest BCUT2D eigenvalue weighted by atomic mass is 16.6. The molecule has 15 heavy (non-hydrogen) atoms. The summed E-state index contributed by atoms with van der Waals surface area (Å²) in [5.41, 5.74) is 1.03. The number of methoxy groups -OCH3 is 1. The molecule has 1 aromatic rings. The van der Waals surface area contributed by atoms with Crippen molar-refractivity contribution in [2.75, 3.05) is 7.11 Å². The molecule has 0 aliphatic heterocycles. The van der Waals surface area contributed by atoms with Gasteiger partial charge in [-0.15, -0.1) is 0 Å². The van der Waals surface area contributed by atoms with Crippen LogP contribution >= 0.6 is 0 Å². The van der Waals surface area contributed by atoms with Crippen LogP contribution in [-0.4, -0.2) is 12.0 Å². The molecule has 1 aromatic carbocycles. The van der Waals surface area contributed by atoms with E-state index in [0.717, 1.165) is 17.5 Å². The van der Waals surface area contributed by atoms with Crippen molar-refractivity contribution < 1.29 is 9.66 Å². The summed E-state index contributed by atoms with van der Waals surface area (Å²) in [6.45, 7) is 0.550. The molecule has 0 spiro atoms. The maximum Gasteiger partial charge on any atom is 0.249 e. The quantitative estimate of drug-likeness (QED) is 0.588. The van der Waals surface area contributed by atoms with Gasteiger partial charge >= 0.3 is 0 Å². The molecule has 0 radical (unpaired) electrons. The van der Waals surface area contributed by atoms with Gasteiger partial charge in [0.05, 0.1) is 18.2 Å². The van der Waals surface area contributed by atoms with Crippen LogP contribution in [-0.2, 0) is 6.54 Å². The monoisotopic (exact) mass is 208 g/mol. The van der Waals surface area contributed by atoms with E-state index in [1.807, 2.05) is 24.3 Å². The second-order valence-electron chi connectivity index (χ2n) is 2.83. The van der Waals surface area contributed by atoms with Crippen molar-refractivity contribution in [2.24, 2.45) is 0 Å². The fourth-order valence-electron chi connectivity index (χ4n) is 1.03. The van der Waals surface area contributed by atoms with Crippen molar-refractivity contribution in [3.63, 3.8) is 0 Å². The van der Waals surface area contributed by atoms with E-state index in [9.17, 15) is 10.1 Å². The lowest BCUT2D eigenvalue weighted by Gasteiger charge is -2.02. The fraction of sp³-hybridized carbons (Fsp3) is 0.200. The van der Waals surface area contributed by atoms with Crippen molar-refractivity contribution in [3.05, 3.63) is 52.3 Å². The Hall–Kier alpha value is -2.04. The Morgan fingerprint density at radius 2 is 2.13 bits per heavy atom. The Balaban J connectivity index is 2.41. The van der Waals surface area contributed by atoms with E-state index in [2.05, 4.69) is 5.32 Å². The van der Waals surface area contributed by atoms with Gasteiger partial charge in [-0.1, -0.05) is 12.1 Å². The van der Waals surface area contributed by atoms with E-state index in [-0.39, 0.29) is 0 Å². The first-order valence-corrected chi connectivity index (χ1v) is 4.39. The highest BCUT2D eigenvalue weighted by molar-refractivity contribution is 5.27. The van der Waals surface area contributed by atoms with Gasteiger partial charge in [-0.05, 0) is 17.7 Å². The first kappa shape index (κ1) is 11.0. The van der Waals surface area contributed by atoms with Crippen molar-refractivity contribution in [1.82, 2.24) is 5.32 Å². The molecule has 0 aliphatic carbocycles. The van der Waals surface area contributed by atoms with E-state index in [1.165, 1.54) is 6.20 Å². The molecule has 80 valence electrons. The average Bonchev–Trinajstić information content (AvgIpc) is 2.25. The number of ether oxygens (including phenoxy) is 1. The number of nitrogens with one attached hydrogen (secondary N) is 1. The summed E-state index contributed by atoms with van der Waals surface area (Å²) in [5, 5.41) is 12.8. The fourth-order valence-corrected chi connectivity index (χ4v) is 1.03. The van der Waals surface area contributed by atoms with Gasteiger partial charge in [-0.2, -0.15) is 0 Å². The molecule has 5 heteroatoms. The maximum absolute atomic E-state index is 9.96. The summed E-state index contributed by atoms with van der Waals surface area (Å²) >= 11 is 0. The minimum Gasteiger partial charge on any atom is -0.497 e. The normalized spacial score (nSPS) is 10.2. The van der Waals surface area contributed by atoms with Gasteiger partial charge < -0.3 is 10.1 Å². The van der Waals surface area contributed by atoms with E-state index in [0.29, 0.717) is 6.54 Å². The summed E-state index contributed by atoms with van der Waals surface area (Å²) in [6.07, 6.45) is 2.17. The lowest BCUT2D eigenvalue weighted by Crippen LogP contribution is -2.05. The van der Waals surface area contributed by atoms with Crippen LogP contribution in [0.2, 0.25) is 0 Å². The molecule has 0 heterocycles. The number of benzene rings is 1. The van der Waals surface area contributed by atoms with E-state index in [4.69, 9.17) is 4.74 Å². The topological polar surface area (TPSA) is 64.4 Å². The molecule has 1 N–H and O–H groups in total. The van der Waals surface area contributed by atoms with Gasteiger partial charge in [-0.3, -0.25) is 10.1 Å². The number of rotatable bonds is 5. The smallest absolute Gasteiger partial charge is 0.249 e. The Morgan fingerprint density at radius 1 is 1.47 bits per heavy atom. The van der Waals surface area contributed by atoms with Crippen LogP contribution in [0.5, 0.6) is 5.75 Å². The minimum absolute atomic E-state index is 0.513. The Kier molecular flexibility index (Phi) is 4.15.